The molecular formula is C9H18ClN3O2. The first-order chi connectivity index (χ1) is 6.57. The molecule has 1 aliphatic rings. The van der Waals surface area contributed by atoms with E-state index in [1.807, 2.05) is 0 Å². The molecule has 0 bridgehead atoms. The van der Waals surface area contributed by atoms with Crippen LogP contribution in [0.5, 0.6) is 0 Å². The molecule has 0 aromatic rings. The zero-order valence-corrected chi connectivity index (χ0v) is 9.42. The van der Waals surface area contributed by atoms with Gasteiger partial charge in [-0.3, -0.25) is 9.79 Å². The zero-order chi connectivity index (χ0) is 10.6. The predicted molar refractivity (Wildman–Crippen MR) is 61.1 cm³/mol. The summed E-state index contributed by atoms with van der Waals surface area (Å²) in [6, 6.07) is 0. The Labute approximate surface area is 95.3 Å². The van der Waals surface area contributed by atoms with Crippen LogP contribution < -0.4 is 11.5 Å². The quantitative estimate of drug-likeness (QED) is 0.495. The highest BCUT2D eigenvalue weighted by Crippen LogP contribution is 2.36. The minimum atomic E-state index is -0.776. The molecule has 15 heavy (non-hydrogen) atoms. The molecule has 6 heteroatoms. The lowest BCUT2D eigenvalue weighted by atomic mass is 9.74. The number of nitrogens with two attached hydrogens (primary N) is 2. The molecule has 0 aromatic carbocycles. The fourth-order valence-corrected chi connectivity index (χ4v) is 1.91. The Morgan fingerprint density at radius 2 is 1.80 bits per heavy atom. The molecule has 0 heterocycles. The molecule has 0 spiro atoms. The van der Waals surface area contributed by atoms with Crippen LogP contribution in [0.15, 0.2) is 4.99 Å². The van der Waals surface area contributed by atoms with E-state index in [0.29, 0.717) is 12.8 Å². The first kappa shape index (κ1) is 14.0. The van der Waals surface area contributed by atoms with Crippen molar-refractivity contribution in [3.8, 4) is 0 Å². The van der Waals surface area contributed by atoms with Gasteiger partial charge in [-0.05, 0) is 12.8 Å². The summed E-state index contributed by atoms with van der Waals surface area (Å²) in [6.45, 7) is 0.213. The molecule has 1 aliphatic carbocycles. The smallest absolute Gasteiger partial charge is 0.311 e. The van der Waals surface area contributed by atoms with Crippen LogP contribution in [-0.4, -0.2) is 23.6 Å². The highest BCUT2D eigenvalue weighted by atomic mass is 35.5. The van der Waals surface area contributed by atoms with Crippen LogP contribution in [0.2, 0.25) is 0 Å². The lowest BCUT2D eigenvalue weighted by Gasteiger charge is -2.31. The molecule has 88 valence electrons. The molecule has 5 nitrogen and oxygen atoms in total. The molecule has 0 atom stereocenters. The van der Waals surface area contributed by atoms with Crippen molar-refractivity contribution >= 4 is 24.3 Å². The van der Waals surface area contributed by atoms with E-state index in [4.69, 9.17) is 16.6 Å². The monoisotopic (exact) mass is 235 g/mol. The first-order valence-electron chi connectivity index (χ1n) is 4.86. The average Bonchev–Trinajstić information content (AvgIpc) is 2.16. The Morgan fingerprint density at radius 3 is 2.20 bits per heavy atom. The highest BCUT2D eigenvalue weighted by Gasteiger charge is 2.39. The fourth-order valence-electron chi connectivity index (χ4n) is 1.91. The summed E-state index contributed by atoms with van der Waals surface area (Å²) in [5.41, 5.74) is 9.69. The molecule has 1 rings (SSSR count). The van der Waals surface area contributed by atoms with E-state index >= 15 is 0 Å². The van der Waals surface area contributed by atoms with Crippen molar-refractivity contribution in [1.29, 1.82) is 0 Å². The minimum Gasteiger partial charge on any atom is -0.481 e. The van der Waals surface area contributed by atoms with Gasteiger partial charge in [-0.25, -0.2) is 0 Å². The van der Waals surface area contributed by atoms with Gasteiger partial charge in [-0.15, -0.1) is 12.4 Å². The second-order valence-electron chi connectivity index (χ2n) is 3.89. The van der Waals surface area contributed by atoms with E-state index in [9.17, 15) is 4.79 Å². The molecule has 0 amide bonds. The van der Waals surface area contributed by atoms with E-state index < -0.39 is 11.4 Å². The fraction of sp³-hybridized carbons (Fsp3) is 0.778. The topological polar surface area (TPSA) is 102 Å². The van der Waals surface area contributed by atoms with Gasteiger partial charge in [0.2, 0.25) is 0 Å². The van der Waals surface area contributed by atoms with E-state index in [-0.39, 0.29) is 24.9 Å². The summed E-state index contributed by atoms with van der Waals surface area (Å²) in [5, 5.41) is 9.15. The van der Waals surface area contributed by atoms with E-state index in [1.54, 1.807) is 0 Å². The van der Waals surface area contributed by atoms with Crippen molar-refractivity contribution in [2.75, 3.05) is 6.54 Å². The third-order valence-corrected chi connectivity index (χ3v) is 2.83. The van der Waals surface area contributed by atoms with Gasteiger partial charge < -0.3 is 16.6 Å². The standard InChI is InChI=1S/C9H17N3O2.ClH/c10-8(11)12-6-9(7(13)14)4-2-1-3-5-9;/h1-6H2,(H,13,14)(H4,10,11,12);1H. The van der Waals surface area contributed by atoms with Crippen LogP contribution in [0, 0.1) is 5.41 Å². The van der Waals surface area contributed by atoms with Gasteiger partial charge in [-0.1, -0.05) is 19.3 Å². The SMILES string of the molecule is Cl.NC(N)=NCC1(C(=O)O)CCCCC1. The lowest BCUT2D eigenvalue weighted by molar-refractivity contribution is -0.150. The van der Waals surface area contributed by atoms with Gasteiger partial charge in [-0.2, -0.15) is 0 Å². The Kier molecular flexibility index (Phi) is 5.43. The van der Waals surface area contributed by atoms with Gasteiger partial charge in [0.05, 0.1) is 12.0 Å². The number of carboxylic acid groups (broad SMARTS) is 1. The second kappa shape index (κ2) is 5.80. The number of halogens is 1. The Morgan fingerprint density at radius 1 is 1.27 bits per heavy atom. The number of hydrogen-bond acceptors (Lipinski definition) is 2. The Bertz CT molecular complexity index is 246. The summed E-state index contributed by atoms with van der Waals surface area (Å²) in [7, 11) is 0. The molecule has 5 N–H and O–H groups in total. The minimum absolute atomic E-state index is 0. The second-order valence-corrected chi connectivity index (χ2v) is 3.89. The van der Waals surface area contributed by atoms with Crippen molar-refractivity contribution in [1.82, 2.24) is 0 Å². The van der Waals surface area contributed by atoms with Crippen molar-refractivity contribution in [3.63, 3.8) is 0 Å². The molecule has 1 fully saturated rings. The predicted octanol–water partition coefficient (Wildman–Crippen LogP) is 0.717. The molecule has 0 aliphatic heterocycles. The summed E-state index contributed by atoms with van der Waals surface area (Å²) in [4.78, 5) is 15.0. The molecule has 0 aromatic heterocycles. The Balaban J connectivity index is 0.00000196. The normalized spacial score (nSPS) is 18.7. The van der Waals surface area contributed by atoms with Crippen molar-refractivity contribution in [2.45, 2.75) is 32.1 Å². The number of nitrogens with zero attached hydrogens (tertiary/aromatic N) is 1. The van der Waals surface area contributed by atoms with Gasteiger partial charge in [0, 0.05) is 0 Å². The third kappa shape index (κ3) is 3.58. The number of carbonyl (C=O) groups is 1. The van der Waals surface area contributed by atoms with Gasteiger partial charge >= 0.3 is 5.97 Å². The number of aliphatic carboxylic acids is 1. The maximum Gasteiger partial charge on any atom is 0.311 e. The number of rotatable bonds is 3. The summed E-state index contributed by atoms with van der Waals surface area (Å²) in [5.74, 6) is -0.807. The van der Waals surface area contributed by atoms with Crippen molar-refractivity contribution in [3.05, 3.63) is 0 Å². The summed E-state index contributed by atoms with van der Waals surface area (Å²) >= 11 is 0. The lowest BCUT2D eigenvalue weighted by Crippen LogP contribution is -2.37. The van der Waals surface area contributed by atoms with Gasteiger partial charge in [0.25, 0.3) is 0 Å². The van der Waals surface area contributed by atoms with Crippen LogP contribution in [0.3, 0.4) is 0 Å². The molecular weight excluding hydrogens is 218 g/mol. The van der Waals surface area contributed by atoms with Crippen LogP contribution in [0.4, 0.5) is 0 Å². The molecule has 0 unspecified atom stereocenters. The van der Waals surface area contributed by atoms with Gasteiger partial charge in [0.1, 0.15) is 0 Å². The maximum absolute atomic E-state index is 11.1. The van der Waals surface area contributed by atoms with Crippen LogP contribution in [-0.2, 0) is 4.79 Å². The van der Waals surface area contributed by atoms with Crippen LogP contribution in [0.25, 0.3) is 0 Å². The van der Waals surface area contributed by atoms with Crippen molar-refractivity contribution in [2.24, 2.45) is 21.9 Å². The maximum atomic E-state index is 11.1. The van der Waals surface area contributed by atoms with E-state index in [1.165, 1.54) is 0 Å². The van der Waals surface area contributed by atoms with Crippen LogP contribution in [0.1, 0.15) is 32.1 Å². The van der Waals surface area contributed by atoms with Crippen LogP contribution >= 0.6 is 12.4 Å². The largest absolute Gasteiger partial charge is 0.481 e. The van der Waals surface area contributed by atoms with E-state index in [0.717, 1.165) is 19.3 Å². The third-order valence-electron chi connectivity index (χ3n) is 2.83. The Hall–Kier alpha value is -0.970. The summed E-state index contributed by atoms with van der Waals surface area (Å²) in [6.07, 6.45) is 4.37. The number of guanidine groups is 1. The van der Waals surface area contributed by atoms with Gasteiger partial charge in [0.15, 0.2) is 5.96 Å². The molecule has 0 saturated heterocycles. The summed E-state index contributed by atoms with van der Waals surface area (Å²) < 4.78 is 0. The highest BCUT2D eigenvalue weighted by molar-refractivity contribution is 5.85. The van der Waals surface area contributed by atoms with Crippen molar-refractivity contribution < 1.29 is 9.90 Å². The molecule has 0 radical (unpaired) electrons. The number of hydrogen-bond donors (Lipinski definition) is 3. The number of aliphatic imine (C=N–C) groups is 1. The average molecular weight is 236 g/mol. The molecule has 1 saturated carbocycles. The zero-order valence-electron chi connectivity index (χ0n) is 8.61. The number of carboxylic acids is 1. The first-order valence-corrected chi connectivity index (χ1v) is 4.86. The van der Waals surface area contributed by atoms with E-state index in [2.05, 4.69) is 4.99 Å².